The van der Waals surface area contributed by atoms with Crippen molar-refractivity contribution in [1.29, 1.82) is 0 Å². The molecule has 1 radical (unpaired) electrons. The standard InChI is InChI=1S/C20H19Si.Hf/c1-21(20-13-12-16-7-3-5-9-19(16)20)14-17-11-10-15-6-2-4-8-18(15)17;/h2-13,17,20H,14H2,1H3;. The Hall–Kier alpha value is -0.993. The molecular weight excluding hydrogens is 447 g/mol. The summed E-state index contributed by atoms with van der Waals surface area (Å²) in [5.74, 6) is 0.626. The van der Waals surface area contributed by atoms with Gasteiger partial charge in [-0.3, -0.25) is 0 Å². The summed E-state index contributed by atoms with van der Waals surface area (Å²) in [6, 6.07) is 19.0. The first-order chi connectivity index (χ1) is 10.3. The van der Waals surface area contributed by atoms with Gasteiger partial charge in [-0.05, 0) is 33.8 Å². The monoisotopic (exact) mass is 467 g/mol. The van der Waals surface area contributed by atoms with Crippen LogP contribution in [0.4, 0.5) is 0 Å². The average Bonchev–Trinajstić information content (AvgIpc) is 3.12. The van der Waals surface area contributed by atoms with E-state index in [2.05, 4.69) is 79.4 Å². The van der Waals surface area contributed by atoms with E-state index in [-0.39, 0.29) is 25.8 Å². The maximum atomic E-state index is 2.50. The number of rotatable bonds is 3. The first-order valence-electron chi connectivity index (χ1n) is 7.69. The summed E-state index contributed by atoms with van der Waals surface area (Å²) < 4.78 is 0. The van der Waals surface area contributed by atoms with Crippen LogP contribution in [0.15, 0.2) is 60.7 Å². The van der Waals surface area contributed by atoms with Gasteiger partial charge < -0.3 is 0 Å². The van der Waals surface area contributed by atoms with Crippen LogP contribution in [0.25, 0.3) is 12.2 Å². The van der Waals surface area contributed by atoms with Crippen molar-refractivity contribution in [3.8, 4) is 0 Å². The number of hydrogen-bond acceptors (Lipinski definition) is 0. The topological polar surface area (TPSA) is 0 Å². The van der Waals surface area contributed by atoms with Crippen molar-refractivity contribution in [2.45, 2.75) is 24.1 Å². The molecule has 2 heteroatoms. The predicted molar refractivity (Wildman–Crippen MR) is 92.9 cm³/mol. The normalized spacial score (nSPS) is 20.8. The van der Waals surface area contributed by atoms with Gasteiger partial charge in [0, 0.05) is 31.8 Å². The molecule has 0 aromatic heterocycles. The summed E-state index contributed by atoms with van der Waals surface area (Å²) in [4.78, 5) is 0. The van der Waals surface area contributed by atoms with Crippen LogP contribution in [0.2, 0.25) is 12.6 Å². The van der Waals surface area contributed by atoms with Gasteiger partial charge in [0.15, 0.2) is 0 Å². The summed E-state index contributed by atoms with van der Waals surface area (Å²) in [7, 11) is -0.442. The average molecular weight is 466 g/mol. The summed E-state index contributed by atoms with van der Waals surface area (Å²) in [6.45, 7) is 2.50. The number of fused-ring (bicyclic) bond motifs is 2. The largest absolute Gasteiger partial charge is 0.0794 e. The van der Waals surface area contributed by atoms with Crippen molar-refractivity contribution in [2.75, 3.05) is 0 Å². The SMILES string of the molecule is C[Si](CC1C=Cc2ccccc21)C1C=Cc2ccccc21.[Hf]. The minimum atomic E-state index is -0.442. The van der Waals surface area contributed by atoms with E-state index in [9.17, 15) is 0 Å². The molecule has 2 unspecified atom stereocenters. The van der Waals surface area contributed by atoms with Gasteiger partial charge in [-0.1, -0.05) is 79.4 Å². The summed E-state index contributed by atoms with van der Waals surface area (Å²) >= 11 is 0. The molecule has 0 spiro atoms. The van der Waals surface area contributed by atoms with Gasteiger partial charge in [-0.25, -0.2) is 0 Å². The number of allylic oxidation sites excluding steroid dienone is 2. The van der Waals surface area contributed by atoms with E-state index in [1.807, 2.05) is 0 Å². The molecular formula is C20H19HfSi. The van der Waals surface area contributed by atoms with Crippen LogP contribution in [-0.2, 0) is 25.8 Å². The third-order valence-corrected chi connectivity index (χ3v) is 7.42. The van der Waals surface area contributed by atoms with Crippen molar-refractivity contribution in [1.82, 2.24) is 0 Å². The molecule has 0 nitrogen and oxygen atoms in total. The molecule has 0 saturated carbocycles. The minimum Gasteiger partial charge on any atom is -0.0794 e. The molecule has 0 fully saturated rings. The van der Waals surface area contributed by atoms with E-state index >= 15 is 0 Å². The maximum Gasteiger partial charge on any atom is 0.0590 e. The van der Waals surface area contributed by atoms with Crippen molar-refractivity contribution in [2.24, 2.45) is 0 Å². The molecule has 4 rings (SSSR count). The molecule has 2 aromatic rings. The van der Waals surface area contributed by atoms with Crippen LogP contribution in [-0.4, -0.2) is 8.80 Å². The Labute approximate surface area is 153 Å². The van der Waals surface area contributed by atoms with Crippen molar-refractivity contribution >= 4 is 20.9 Å². The zero-order valence-corrected chi connectivity index (χ0v) is 17.4. The van der Waals surface area contributed by atoms with Crippen LogP contribution in [0.1, 0.15) is 33.7 Å². The number of hydrogen-bond donors (Lipinski definition) is 0. The molecule has 0 heterocycles. The van der Waals surface area contributed by atoms with Gasteiger partial charge >= 0.3 is 0 Å². The fourth-order valence-electron chi connectivity index (χ4n) is 3.65. The van der Waals surface area contributed by atoms with Crippen LogP contribution < -0.4 is 0 Å². The fraction of sp³-hybridized carbons (Fsp3) is 0.200. The quantitative estimate of drug-likeness (QED) is 0.542. The molecule has 0 saturated heterocycles. The summed E-state index contributed by atoms with van der Waals surface area (Å²) in [5, 5.41) is 0. The zero-order chi connectivity index (χ0) is 14.2. The van der Waals surface area contributed by atoms with Crippen molar-refractivity contribution < 1.29 is 25.8 Å². The number of benzene rings is 2. The summed E-state index contributed by atoms with van der Waals surface area (Å²) in [5.41, 5.74) is 6.59. The molecule has 2 aliphatic carbocycles. The molecule has 22 heavy (non-hydrogen) atoms. The fourth-order valence-corrected chi connectivity index (χ4v) is 6.18. The van der Waals surface area contributed by atoms with E-state index in [1.165, 1.54) is 22.7 Å². The van der Waals surface area contributed by atoms with Crippen molar-refractivity contribution in [3.63, 3.8) is 0 Å². The Morgan fingerprint density at radius 1 is 0.818 bits per heavy atom. The molecule has 0 N–H and O–H groups in total. The predicted octanol–water partition coefficient (Wildman–Crippen LogP) is 5.27. The van der Waals surface area contributed by atoms with Crippen molar-refractivity contribution in [3.05, 3.63) is 82.9 Å². The van der Waals surface area contributed by atoms with Gasteiger partial charge in [-0.15, -0.1) is 0 Å². The molecule has 0 amide bonds. The third-order valence-electron chi connectivity index (χ3n) is 4.78. The van der Waals surface area contributed by atoms with Crippen LogP contribution >= 0.6 is 0 Å². The minimum absolute atomic E-state index is 0. The van der Waals surface area contributed by atoms with Crippen LogP contribution in [0, 0.1) is 0 Å². The molecule has 2 aliphatic rings. The first kappa shape index (κ1) is 15.9. The van der Waals surface area contributed by atoms with Gasteiger partial charge in [0.25, 0.3) is 0 Å². The third kappa shape index (κ3) is 2.79. The van der Waals surface area contributed by atoms with Crippen LogP contribution in [0.5, 0.6) is 0 Å². The van der Waals surface area contributed by atoms with Crippen LogP contribution in [0.3, 0.4) is 0 Å². The smallest absolute Gasteiger partial charge is 0.0590 e. The molecule has 0 bridgehead atoms. The van der Waals surface area contributed by atoms with E-state index in [0.717, 1.165) is 0 Å². The maximum absolute atomic E-state index is 2.50. The Morgan fingerprint density at radius 2 is 1.41 bits per heavy atom. The Kier molecular flexibility index (Phi) is 4.79. The zero-order valence-electron chi connectivity index (χ0n) is 12.8. The molecule has 2 aromatic carbocycles. The van der Waals surface area contributed by atoms with Gasteiger partial charge in [-0.2, -0.15) is 0 Å². The van der Waals surface area contributed by atoms with Gasteiger partial charge in [0.1, 0.15) is 0 Å². The van der Waals surface area contributed by atoms with E-state index in [0.29, 0.717) is 11.5 Å². The molecule has 0 aliphatic heterocycles. The molecule has 2 atom stereocenters. The second-order valence-electron chi connectivity index (χ2n) is 6.11. The Balaban J connectivity index is 0.00000144. The van der Waals surface area contributed by atoms with Gasteiger partial charge in [0.05, 0.1) is 8.80 Å². The Bertz CT molecular complexity index is 732. The second kappa shape index (κ2) is 6.63. The van der Waals surface area contributed by atoms with E-state index in [1.54, 1.807) is 5.56 Å². The van der Waals surface area contributed by atoms with Gasteiger partial charge in [0.2, 0.25) is 0 Å². The first-order valence-corrected chi connectivity index (χ1v) is 9.98. The van der Waals surface area contributed by atoms with E-state index < -0.39 is 8.80 Å². The second-order valence-corrected chi connectivity index (χ2v) is 8.83. The van der Waals surface area contributed by atoms with E-state index in [4.69, 9.17) is 0 Å². The Morgan fingerprint density at radius 3 is 2.18 bits per heavy atom. The molecule has 107 valence electrons. The summed E-state index contributed by atoms with van der Waals surface area (Å²) in [6.07, 6.45) is 9.45.